The van der Waals surface area contributed by atoms with E-state index in [0.717, 1.165) is 30.9 Å². The van der Waals surface area contributed by atoms with E-state index in [-0.39, 0.29) is 45.9 Å². The first kappa shape index (κ1) is 26.8. The van der Waals surface area contributed by atoms with Gasteiger partial charge in [-0.05, 0) is 80.8 Å². The molecule has 0 bridgehead atoms. The maximum atomic E-state index is 15.1. The topological polar surface area (TPSA) is 97.1 Å². The third kappa shape index (κ3) is 5.39. The van der Waals surface area contributed by atoms with Gasteiger partial charge >= 0.3 is 0 Å². The minimum atomic E-state index is -3.11. The third-order valence-corrected chi connectivity index (χ3v) is 7.19. The van der Waals surface area contributed by atoms with Crippen LogP contribution in [0.4, 0.5) is 19.0 Å². The number of ketones is 1. The number of aromatic nitrogens is 3. The minimum Gasteiger partial charge on any atom is -0.378 e. The summed E-state index contributed by atoms with van der Waals surface area (Å²) in [5.41, 5.74) is -1.26. The van der Waals surface area contributed by atoms with Crippen LogP contribution in [0.1, 0.15) is 57.2 Å². The normalized spacial score (nSPS) is 19.7. The number of hydrogen-bond acceptors (Lipinski definition) is 5. The van der Waals surface area contributed by atoms with Gasteiger partial charge in [0.2, 0.25) is 5.91 Å². The summed E-state index contributed by atoms with van der Waals surface area (Å²) < 4.78 is 43.4. The van der Waals surface area contributed by atoms with Crippen molar-refractivity contribution >= 4 is 28.4 Å². The molecule has 1 fully saturated rings. The van der Waals surface area contributed by atoms with Gasteiger partial charge in [0.15, 0.2) is 11.4 Å². The predicted molar refractivity (Wildman–Crippen MR) is 134 cm³/mol. The molecule has 7 nitrogen and oxygen atoms in total. The van der Waals surface area contributed by atoms with E-state index >= 15 is 4.39 Å². The van der Waals surface area contributed by atoms with Gasteiger partial charge in [0.1, 0.15) is 17.1 Å². The summed E-state index contributed by atoms with van der Waals surface area (Å²) in [6.45, 7) is 4.30. The zero-order valence-electron chi connectivity index (χ0n) is 21.3. The van der Waals surface area contributed by atoms with Gasteiger partial charge in [-0.2, -0.15) is 5.10 Å². The van der Waals surface area contributed by atoms with Crippen molar-refractivity contribution in [2.24, 2.45) is 18.9 Å². The van der Waals surface area contributed by atoms with Gasteiger partial charge in [-0.3, -0.25) is 9.48 Å². The molecule has 1 amide bonds. The van der Waals surface area contributed by atoms with Crippen LogP contribution in [0, 0.1) is 24.6 Å². The van der Waals surface area contributed by atoms with E-state index in [4.69, 9.17) is 0 Å². The fourth-order valence-corrected chi connectivity index (χ4v) is 5.37. The lowest BCUT2D eigenvalue weighted by atomic mass is 9.79. The van der Waals surface area contributed by atoms with Gasteiger partial charge in [0.05, 0.1) is 5.69 Å². The van der Waals surface area contributed by atoms with Gasteiger partial charge in [-0.15, -0.1) is 0 Å². The summed E-state index contributed by atoms with van der Waals surface area (Å²) >= 11 is 0. The van der Waals surface area contributed by atoms with E-state index in [9.17, 15) is 23.5 Å². The standard InChI is InChI=1S/C27H31F3N4O3/c1-14-13-31-22(32-25(36)17-7-5-6-16(9-17)8-15(2)35)12-19(14)18-10-20-23(21(28)11-18)33-34(4)24(20)27(3,37)26(29)30/h10-13,16-17,26,37H,5-9H2,1-4H3,(H,31,32,36)/t16-,17-,27+/m0/s1. The Morgan fingerprint density at radius 3 is 2.68 bits per heavy atom. The molecule has 0 radical (unpaired) electrons. The number of alkyl halides is 2. The Balaban J connectivity index is 1.66. The number of carbonyl (C=O) groups excluding carboxylic acids is 2. The zero-order valence-corrected chi connectivity index (χ0v) is 21.3. The maximum absolute atomic E-state index is 15.1. The molecule has 1 aliphatic carbocycles. The number of amides is 1. The van der Waals surface area contributed by atoms with Gasteiger partial charge in [0.25, 0.3) is 6.43 Å². The number of pyridine rings is 1. The molecule has 2 aromatic heterocycles. The van der Waals surface area contributed by atoms with Crippen LogP contribution in [-0.4, -0.2) is 38.0 Å². The van der Waals surface area contributed by atoms with Crippen molar-refractivity contribution in [1.29, 1.82) is 0 Å². The number of hydrogen-bond donors (Lipinski definition) is 2. The number of anilines is 1. The quantitative estimate of drug-likeness (QED) is 0.445. The van der Waals surface area contributed by atoms with Crippen LogP contribution in [0.15, 0.2) is 24.4 Å². The number of Topliss-reactive ketones (excluding diaryl/α,β-unsaturated/α-hetero) is 1. The predicted octanol–water partition coefficient (Wildman–Crippen LogP) is 5.28. The molecule has 198 valence electrons. The highest BCUT2D eigenvalue weighted by molar-refractivity contribution is 5.93. The number of nitrogens with zero attached hydrogens (tertiary/aromatic N) is 3. The van der Waals surface area contributed by atoms with Crippen LogP contribution in [0.5, 0.6) is 0 Å². The largest absolute Gasteiger partial charge is 0.378 e. The molecule has 1 saturated carbocycles. The lowest BCUT2D eigenvalue weighted by molar-refractivity contribution is -0.123. The first-order chi connectivity index (χ1) is 17.4. The van der Waals surface area contributed by atoms with Crippen LogP contribution in [-0.2, 0) is 22.2 Å². The lowest BCUT2D eigenvalue weighted by Crippen LogP contribution is -2.33. The van der Waals surface area contributed by atoms with Crippen LogP contribution in [0.25, 0.3) is 22.0 Å². The van der Waals surface area contributed by atoms with Crippen molar-refractivity contribution in [2.75, 3.05) is 5.32 Å². The summed E-state index contributed by atoms with van der Waals surface area (Å²) in [5, 5.41) is 17.4. The molecule has 3 atom stereocenters. The number of fused-ring (bicyclic) bond motifs is 1. The van der Waals surface area contributed by atoms with E-state index in [0.29, 0.717) is 29.5 Å². The summed E-state index contributed by atoms with van der Waals surface area (Å²) in [6, 6.07) is 4.38. The molecule has 2 N–H and O–H groups in total. The van der Waals surface area contributed by atoms with Crippen LogP contribution < -0.4 is 5.32 Å². The van der Waals surface area contributed by atoms with Crippen molar-refractivity contribution < 1.29 is 27.9 Å². The fraction of sp³-hybridized carbons (Fsp3) is 0.481. The number of aryl methyl sites for hydroxylation is 2. The minimum absolute atomic E-state index is 0.0725. The van der Waals surface area contributed by atoms with Gasteiger partial charge in [0, 0.05) is 31.0 Å². The molecule has 37 heavy (non-hydrogen) atoms. The number of rotatable bonds is 7. The number of nitrogens with one attached hydrogen (secondary N) is 1. The van der Waals surface area contributed by atoms with Crippen molar-refractivity contribution in [1.82, 2.24) is 14.8 Å². The molecule has 2 heterocycles. The molecule has 1 aliphatic rings. The Morgan fingerprint density at radius 1 is 1.27 bits per heavy atom. The second-order valence-electron chi connectivity index (χ2n) is 10.3. The summed E-state index contributed by atoms with van der Waals surface area (Å²) in [4.78, 5) is 28.8. The number of carbonyl (C=O) groups is 2. The summed E-state index contributed by atoms with van der Waals surface area (Å²) in [6.07, 6.45) is 2.08. The monoisotopic (exact) mass is 516 g/mol. The molecule has 1 aromatic carbocycles. The molecule has 0 unspecified atom stereocenters. The molecule has 3 aromatic rings. The molecule has 0 aliphatic heterocycles. The van der Waals surface area contributed by atoms with Crippen LogP contribution in [0.2, 0.25) is 0 Å². The van der Waals surface area contributed by atoms with E-state index in [1.165, 1.54) is 19.2 Å². The maximum Gasteiger partial charge on any atom is 0.272 e. The Bertz CT molecular complexity index is 1350. The first-order valence-corrected chi connectivity index (χ1v) is 12.3. The summed E-state index contributed by atoms with van der Waals surface area (Å²) in [7, 11) is 1.38. The van der Waals surface area contributed by atoms with Gasteiger partial charge < -0.3 is 15.2 Å². The molecular formula is C27H31F3N4O3. The molecule has 0 saturated heterocycles. The van der Waals surface area contributed by atoms with Crippen LogP contribution in [0.3, 0.4) is 0 Å². The second kappa shape index (κ2) is 10.2. The van der Waals surface area contributed by atoms with E-state index < -0.39 is 17.8 Å². The Morgan fingerprint density at radius 2 is 2.00 bits per heavy atom. The molecule has 0 spiro atoms. The lowest BCUT2D eigenvalue weighted by Gasteiger charge is -2.27. The van der Waals surface area contributed by atoms with Gasteiger partial charge in [-0.25, -0.2) is 18.2 Å². The number of halogens is 3. The van der Waals surface area contributed by atoms with Crippen molar-refractivity contribution in [3.8, 4) is 11.1 Å². The smallest absolute Gasteiger partial charge is 0.272 e. The first-order valence-electron chi connectivity index (χ1n) is 12.3. The summed E-state index contributed by atoms with van der Waals surface area (Å²) in [5.74, 6) is -0.539. The highest BCUT2D eigenvalue weighted by Gasteiger charge is 2.39. The third-order valence-electron chi connectivity index (χ3n) is 7.19. The SMILES string of the molecule is CC(=O)C[C@@H]1CCC[C@H](C(=O)Nc2cc(-c3cc(F)c4nn(C)c([C@@](C)(O)C(F)F)c4c3)c(C)cn2)C1. The van der Waals surface area contributed by atoms with Crippen molar-refractivity contribution in [3.05, 3.63) is 41.5 Å². The second-order valence-corrected chi connectivity index (χ2v) is 10.3. The van der Waals surface area contributed by atoms with E-state index in [2.05, 4.69) is 15.4 Å². The Labute approximate surface area is 213 Å². The Kier molecular flexibility index (Phi) is 7.41. The van der Waals surface area contributed by atoms with E-state index in [1.54, 1.807) is 26.1 Å². The molecule has 10 heteroatoms. The molecule has 4 rings (SSSR count). The van der Waals surface area contributed by atoms with Crippen molar-refractivity contribution in [2.45, 2.75) is 64.9 Å². The van der Waals surface area contributed by atoms with Crippen LogP contribution >= 0.6 is 0 Å². The fourth-order valence-electron chi connectivity index (χ4n) is 5.37. The Hall–Kier alpha value is -3.27. The average molecular weight is 517 g/mol. The van der Waals surface area contributed by atoms with Crippen molar-refractivity contribution in [3.63, 3.8) is 0 Å². The highest BCUT2D eigenvalue weighted by Crippen LogP contribution is 2.37. The average Bonchev–Trinajstić information content (AvgIpc) is 3.17. The molecular weight excluding hydrogens is 485 g/mol. The highest BCUT2D eigenvalue weighted by atomic mass is 19.3. The zero-order chi connectivity index (χ0) is 27.1. The number of benzene rings is 1. The van der Waals surface area contributed by atoms with E-state index in [1.807, 2.05) is 0 Å². The number of aliphatic hydroxyl groups is 1. The van der Waals surface area contributed by atoms with Gasteiger partial charge in [-0.1, -0.05) is 6.42 Å².